The number of fused-ring (bicyclic) bond motifs is 1. The number of likely N-dealkylation sites (tertiary alicyclic amines) is 1. The SMILES string of the molecule is CN=C(NCc1ccc2ccccc2c1)N1CCN(CC(=O)N2CCCC2)CC1.I. The Morgan fingerprint density at radius 2 is 1.63 bits per heavy atom. The predicted octanol–water partition coefficient (Wildman–Crippen LogP) is 2.77. The number of hydrogen-bond donors (Lipinski definition) is 1. The molecule has 162 valence electrons. The maximum atomic E-state index is 12.4. The molecule has 2 heterocycles. The number of aliphatic imine (C=N–C) groups is 1. The lowest BCUT2D eigenvalue weighted by Crippen LogP contribution is -2.54. The van der Waals surface area contributed by atoms with E-state index in [1.54, 1.807) is 0 Å². The summed E-state index contributed by atoms with van der Waals surface area (Å²) in [5, 5.41) is 6.03. The van der Waals surface area contributed by atoms with E-state index < -0.39 is 0 Å². The fraction of sp³-hybridized carbons (Fsp3) is 0.478. The fourth-order valence-corrected chi connectivity index (χ4v) is 4.24. The highest BCUT2D eigenvalue weighted by molar-refractivity contribution is 14.0. The Morgan fingerprint density at radius 1 is 0.933 bits per heavy atom. The van der Waals surface area contributed by atoms with Crippen molar-refractivity contribution in [3.8, 4) is 0 Å². The second-order valence-corrected chi connectivity index (χ2v) is 7.93. The summed E-state index contributed by atoms with van der Waals surface area (Å²) in [5.74, 6) is 1.22. The number of piperazine rings is 1. The van der Waals surface area contributed by atoms with Crippen LogP contribution in [-0.4, -0.2) is 79.4 Å². The van der Waals surface area contributed by atoms with Crippen molar-refractivity contribution in [2.75, 3.05) is 52.9 Å². The molecular weight excluding hydrogens is 489 g/mol. The molecule has 0 aromatic heterocycles. The summed E-state index contributed by atoms with van der Waals surface area (Å²) in [5.41, 5.74) is 1.25. The van der Waals surface area contributed by atoms with Crippen LogP contribution in [0.5, 0.6) is 0 Å². The zero-order chi connectivity index (χ0) is 20.1. The van der Waals surface area contributed by atoms with E-state index in [0.29, 0.717) is 6.54 Å². The Kier molecular flexibility index (Phi) is 8.32. The van der Waals surface area contributed by atoms with Crippen LogP contribution in [0.3, 0.4) is 0 Å². The quantitative estimate of drug-likeness (QED) is 0.382. The van der Waals surface area contributed by atoms with Crippen molar-refractivity contribution in [3.63, 3.8) is 0 Å². The Balaban J connectivity index is 0.00000256. The summed E-state index contributed by atoms with van der Waals surface area (Å²) < 4.78 is 0. The summed E-state index contributed by atoms with van der Waals surface area (Å²) in [7, 11) is 1.84. The van der Waals surface area contributed by atoms with Crippen LogP contribution in [0.25, 0.3) is 10.8 Å². The van der Waals surface area contributed by atoms with Gasteiger partial charge < -0.3 is 15.1 Å². The molecule has 6 nitrogen and oxygen atoms in total. The molecule has 7 heteroatoms. The van der Waals surface area contributed by atoms with Crippen molar-refractivity contribution in [1.82, 2.24) is 20.0 Å². The average molecular weight is 521 g/mol. The molecule has 1 N–H and O–H groups in total. The van der Waals surface area contributed by atoms with Gasteiger partial charge in [0.15, 0.2) is 5.96 Å². The van der Waals surface area contributed by atoms with Gasteiger partial charge in [0.05, 0.1) is 6.54 Å². The lowest BCUT2D eigenvalue weighted by atomic mass is 10.1. The van der Waals surface area contributed by atoms with E-state index in [1.807, 2.05) is 11.9 Å². The van der Waals surface area contributed by atoms with E-state index in [2.05, 4.69) is 62.6 Å². The first-order valence-corrected chi connectivity index (χ1v) is 10.7. The van der Waals surface area contributed by atoms with E-state index in [9.17, 15) is 4.79 Å². The van der Waals surface area contributed by atoms with Crippen molar-refractivity contribution in [2.45, 2.75) is 19.4 Å². The van der Waals surface area contributed by atoms with Gasteiger partial charge in [0.2, 0.25) is 5.91 Å². The monoisotopic (exact) mass is 521 g/mol. The van der Waals surface area contributed by atoms with Crippen LogP contribution in [0.4, 0.5) is 0 Å². The highest BCUT2D eigenvalue weighted by atomic mass is 127. The minimum Gasteiger partial charge on any atom is -0.352 e. The smallest absolute Gasteiger partial charge is 0.236 e. The minimum atomic E-state index is 0. The third-order valence-electron chi connectivity index (χ3n) is 5.97. The summed E-state index contributed by atoms with van der Waals surface area (Å²) in [6, 6.07) is 15.0. The second-order valence-electron chi connectivity index (χ2n) is 7.93. The molecule has 0 unspecified atom stereocenters. The van der Waals surface area contributed by atoms with Gasteiger partial charge in [-0.2, -0.15) is 0 Å². The van der Waals surface area contributed by atoms with Gasteiger partial charge in [-0.3, -0.25) is 14.7 Å². The summed E-state index contributed by atoms with van der Waals surface area (Å²) in [6.07, 6.45) is 2.30. The molecule has 1 amide bonds. The van der Waals surface area contributed by atoms with Gasteiger partial charge in [-0.15, -0.1) is 24.0 Å². The molecule has 0 atom stereocenters. The predicted molar refractivity (Wildman–Crippen MR) is 133 cm³/mol. The molecule has 0 radical (unpaired) electrons. The van der Waals surface area contributed by atoms with Crippen LogP contribution in [0, 0.1) is 0 Å². The van der Waals surface area contributed by atoms with Crippen molar-refractivity contribution in [2.24, 2.45) is 4.99 Å². The fourth-order valence-electron chi connectivity index (χ4n) is 4.24. The maximum absolute atomic E-state index is 12.4. The van der Waals surface area contributed by atoms with E-state index in [-0.39, 0.29) is 29.9 Å². The molecule has 0 spiro atoms. The molecule has 2 aromatic carbocycles. The van der Waals surface area contributed by atoms with Crippen molar-refractivity contribution < 1.29 is 4.79 Å². The van der Waals surface area contributed by atoms with Crippen LogP contribution >= 0.6 is 24.0 Å². The lowest BCUT2D eigenvalue weighted by Gasteiger charge is -2.36. The summed E-state index contributed by atoms with van der Waals surface area (Å²) in [4.78, 5) is 23.4. The van der Waals surface area contributed by atoms with E-state index in [0.717, 1.165) is 64.6 Å². The molecule has 2 aliphatic heterocycles. The van der Waals surface area contributed by atoms with Crippen LogP contribution in [0.2, 0.25) is 0 Å². The number of nitrogens with one attached hydrogen (secondary N) is 1. The first-order chi connectivity index (χ1) is 14.2. The zero-order valence-corrected chi connectivity index (χ0v) is 20.0. The largest absolute Gasteiger partial charge is 0.352 e. The highest BCUT2D eigenvalue weighted by Crippen LogP contribution is 2.15. The van der Waals surface area contributed by atoms with E-state index in [4.69, 9.17) is 0 Å². The van der Waals surface area contributed by atoms with E-state index in [1.165, 1.54) is 16.3 Å². The molecule has 0 bridgehead atoms. The van der Waals surface area contributed by atoms with Crippen molar-refractivity contribution in [3.05, 3.63) is 48.0 Å². The van der Waals surface area contributed by atoms with Gasteiger partial charge in [0.25, 0.3) is 0 Å². The molecule has 30 heavy (non-hydrogen) atoms. The number of halogens is 1. The maximum Gasteiger partial charge on any atom is 0.236 e. The number of guanidine groups is 1. The van der Waals surface area contributed by atoms with Gasteiger partial charge in [-0.1, -0.05) is 36.4 Å². The second kappa shape index (κ2) is 10.9. The minimum absolute atomic E-state index is 0. The van der Waals surface area contributed by atoms with Gasteiger partial charge in [0.1, 0.15) is 0 Å². The van der Waals surface area contributed by atoms with Gasteiger partial charge in [-0.05, 0) is 35.2 Å². The number of rotatable bonds is 4. The zero-order valence-electron chi connectivity index (χ0n) is 17.7. The van der Waals surface area contributed by atoms with Gasteiger partial charge in [0, 0.05) is 52.9 Å². The summed E-state index contributed by atoms with van der Waals surface area (Å²) in [6.45, 7) is 6.76. The first kappa shape index (κ1) is 22.8. The molecule has 2 aromatic rings. The molecule has 4 rings (SSSR count). The normalized spacial score (nSPS) is 17.8. The third kappa shape index (κ3) is 5.63. The number of amides is 1. The van der Waals surface area contributed by atoms with Crippen molar-refractivity contribution >= 4 is 46.6 Å². The number of nitrogens with zero attached hydrogens (tertiary/aromatic N) is 4. The first-order valence-electron chi connectivity index (χ1n) is 10.7. The van der Waals surface area contributed by atoms with Crippen molar-refractivity contribution in [1.29, 1.82) is 0 Å². The van der Waals surface area contributed by atoms with Crippen LogP contribution < -0.4 is 5.32 Å². The number of carbonyl (C=O) groups is 1. The van der Waals surface area contributed by atoms with Gasteiger partial charge in [-0.25, -0.2) is 0 Å². The van der Waals surface area contributed by atoms with E-state index >= 15 is 0 Å². The summed E-state index contributed by atoms with van der Waals surface area (Å²) >= 11 is 0. The van der Waals surface area contributed by atoms with Crippen LogP contribution in [0.1, 0.15) is 18.4 Å². The molecule has 2 aliphatic rings. The average Bonchev–Trinajstić information content (AvgIpc) is 3.30. The van der Waals surface area contributed by atoms with Crippen LogP contribution in [-0.2, 0) is 11.3 Å². The number of carbonyl (C=O) groups excluding carboxylic acids is 1. The Labute approximate surface area is 196 Å². The Hall–Kier alpha value is -1.87. The lowest BCUT2D eigenvalue weighted by molar-refractivity contribution is -0.131. The Morgan fingerprint density at radius 3 is 2.33 bits per heavy atom. The molecule has 2 saturated heterocycles. The standard InChI is InChI=1S/C23H31N5O.HI/c1-24-23(25-17-19-8-9-20-6-2-3-7-21(20)16-19)28-14-12-26(13-15-28)18-22(29)27-10-4-5-11-27;/h2-3,6-9,16H,4-5,10-15,17-18H2,1H3,(H,24,25);1H. The topological polar surface area (TPSA) is 51.2 Å². The number of hydrogen-bond acceptors (Lipinski definition) is 3. The Bertz CT molecular complexity index is 873. The number of benzene rings is 2. The molecule has 0 saturated carbocycles. The molecule has 2 fully saturated rings. The molecular formula is C23H32IN5O. The molecule has 0 aliphatic carbocycles. The van der Waals surface area contributed by atoms with Crippen LogP contribution in [0.15, 0.2) is 47.5 Å². The third-order valence-corrected chi connectivity index (χ3v) is 5.97. The van der Waals surface area contributed by atoms with Gasteiger partial charge >= 0.3 is 0 Å². The highest BCUT2D eigenvalue weighted by Gasteiger charge is 2.24.